The summed E-state index contributed by atoms with van der Waals surface area (Å²) in [6, 6.07) is 10.6. The van der Waals surface area contributed by atoms with Crippen LogP contribution in [0, 0.1) is 5.82 Å². The molecule has 3 amide bonds. The number of aliphatic hydroxyl groups is 1. The third-order valence-electron chi connectivity index (χ3n) is 5.47. The minimum atomic E-state index is -0.917. The van der Waals surface area contributed by atoms with Crippen LogP contribution >= 0.6 is 0 Å². The zero-order valence-corrected chi connectivity index (χ0v) is 17.1. The maximum atomic E-state index is 13.4. The molecule has 2 aliphatic heterocycles. The van der Waals surface area contributed by atoms with Crippen LogP contribution in [0.4, 0.5) is 14.9 Å². The number of carbonyl (C=O) groups is 2. The summed E-state index contributed by atoms with van der Waals surface area (Å²) in [4.78, 5) is 28.0. The lowest BCUT2D eigenvalue weighted by Crippen LogP contribution is -2.51. The SMILES string of the molecule is COc1cc(F)ccc1O[C@@H]1CCN(C(=O)c2cccc(N3CCNC3=O)c2)C[C@H]1O. The number of hydrogen-bond donors (Lipinski definition) is 2. The Hall–Kier alpha value is -3.33. The Morgan fingerprint density at radius 3 is 2.74 bits per heavy atom. The summed E-state index contributed by atoms with van der Waals surface area (Å²) >= 11 is 0. The van der Waals surface area contributed by atoms with E-state index in [1.807, 2.05) is 0 Å². The Balaban J connectivity index is 1.42. The minimum absolute atomic E-state index is 0.0986. The second-order valence-electron chi connectivity index (χ2n) is 7.49. The normalized spacial score (nSPS) is 21.1. The molecule has 0 spiro atoms. The van der Waals surface area contributed by atoms with E-state index in [-0.39, 0.29) is 24.2 Å². The highest BCUT2D eigenvalue weighted by atomic mass is 19.1. The first-order valence-corrected chi connectivity index (χ1v) is 10.1. The molecule has 2 atom stereocenters. The van der Waals surface area contributed by atoms with Crippen molar-refractivity contribution in [2.75, 3.05) is 38.2 Å². The van der Waals surface area contributed by atoms with Crippen LogP contribution < -0.4 is 19.7 Å². The average Bonchev–Trinajstić information content (AvgIpc) is 3.21. The van der Waals surface area contributed by atoms with Crippen LogP contribution in [0.3, 0.4) is 0 Å². The molecule has 0 unspecified atom stereocenters. The molecule has 2 saturated heterocycles. The number of nitrogens with zero attached hydrogens (tertiary/aromatic N) is 2. The van der Waals surface area contributed by atoms with Gasteiger partial charge in [-0.15, -0.1) is 0 Å². The highest BCUT2D eigenvalue weighted by Crippen LogP contribution is 2.30. The number of β-amino-alcohol motifs (C(OH)–C–C–N with tert-alkyl or cyclic N) is 1. The Labute approximate surface area is 179 Å². The maximum Gasteiger partial charge on any atom is 0.321 e. The molecule has 2 aromatic rings. The second kappa shape index (κ2) is 8.81. The molecule has 4 rings (SSSR count). The highest BCUT2D eigenvalue weighted by Gasteiger charge is 2.33. The molecule has 164 valence electrons. The quantitative estimate of drug-likeness (QED) is 0.759. The number of carbonyl (C=O) groups excluding carboxylic acids is 2. The number of halogens is 1. The van der Waals surface area contributed by atoms with E-state index < -0.39 is 18.0 Å². The summed E-state index contributed by atoms with van der Waals surface area (Å²) in [6.07, 6.45) is -1.06. The lowest BCUT2D eigenvalue weighted by atomic mass is 10.0. The Morgan fingerprint density at radius 2 is 2.03 bits per heavy atom. The number of piperidine rings is 1. The number of anilines is 1. The van der Waals surface area contributed by atoms with Gasteiger partial charge in [-0.05, 0) is 30.3 Å². The number of urea groups is 1. The lowest BCUT2D eigenvalue weighted by Gasteiger charge is -2.36. The van der Waals surface area contributed by atoms with Crippen molar-refractivity contribution in [1.29, 1.82) is 0 Å². The van der Waals surface area contributed by atoms with Crippen LogP contribution in [0.1, 0.15) is 16.8 Å². The molecule has 2 N–H and O–H groups in total. The first-order valence-electron chi connectivity index (χ1n) is 10.1. The Morgan fingerprint density at radius 1 is 1.19 bits per heavy atom. The highest BCUT2D eigenvalue weighted by molar-refractivity contribution is 5.98. The van der Waals surface area contributed by atoms with Crippen LogP contribution in [0.15, 0.2) is 42.5 Å². The summed E-state index contributed by atoms with van der Waals surface area (Å²) in [5.41, 5.74) is 1.10. The summed E-state index contributed by atoms with van der Waals surface area (Å²) in [7, 11) is 1.42. The van der Waals surface area contributed by atoms with Crippen molar-refractivity contribution in [2.45, 2.75) is 18.6 Å². The van der Waals surface area contributed by atoms with Gasteiger partial charge in [-0.2, -0.15) is 0 Å². The average molecular weight is 429 g/mol. The molecule has 0 bridgehead atoms. The molecule has 0 radical (unpaired) electrons. The van der Waals surface area contributed by atoms with Crippen molar-refractivity contribution < 1.29 is 28.6 Å². The third-order valence-corrected chi connectivity index (χ3v) is 5.47. The lowest BCUT2D eigenvalue weighted by molar-refractivity contribution is -0.0207. The molecule has 0 aromatic heterocycles. The maximum absolute atomic E-state index is 13.4. The molecular formula is C22H24FN3O5. The zero-order valence-electron chi connectivity index (χ0n) is 17.1. The molecule has 2 aromatic carbocycles. The molecule has 2 fully saturated rings. The van der Waals surface area contributed by atoms with E-state index in [0.717, 1.165) is 0 Å². The number of methoxy groups -OCH3 is 1. The monoisotopic (exact) mass is 429 g/mol. The number of rotatable bonds is 5. The van der Waals surface area contributed by atoms with Crippen LogP contribution in [-0.4, -0.2) is 67.4 Å². The largest absolute Gasteiger partial charge is 0.493 e. The van der Waals surface area contributed by atoms with Crippen LogP contribution in [0.5, 0.6) is 11.5 Å². The van der Waals surface area contributed by atoms with Crippen molar-refractivity contribution in [2.24, 2.45) is 0 Å². The molecule has 8 nitrogen and oxygen atoms in total. The predicted octanol–water partition coefficient (Wildman–Crippen LogP) is 2.02. The van der Waals surface area contributed by atoms with E-state index in [4.69, 9.17) is 9.47 Å². The van der Waals surface area contributed by atoms with Gasteiger partial charge in [0.05, 0.1) is 13.7 Å². The number of likely N-dealkylation sites (tertiary alicyclic amines) is 1. The number of aliphatic hydroxyl groups excluding tert-OH is 1. The summed E-state index contributed by atoms with van der Waals surface area (Å²) < 4.78 is 24.4. The van der Waals surface area contributed by atoms with Gasteiger partial charge in [0.1, 0.15) is 18.0 Å². The molecule has 0 saturated carbocycles. The van der Waals surface area contributed by atoms with Gasteiger partial charge in [0.15, 0.2) is 11.5 Å². The molecule has 2 heterocycles. The number of benzene rings is 2. The van der Waals surface area contributed by atoms with Crippen molar-refractivity contribution in [3.05, 3.63) is 53.8 Å². The van der Waals surface area contributed by atoms with E-state index in [0.29, 0.717) is 43.1 Å². The Bertz CT molecular complexity index is 985. The fourth-order valence-electron chi connectivity index (χ4n) is 3.84. The number of amides is 3. The summed E-state index contributed by atoms with van der Waals surface area (Å²) in [5.74, 6) is -0.0880. The molecule has 31 heavy (non-hydrogen) atoms. The fraction of sp³-hybridized carbons (Fsp3) is 0.364. The minimum Gasteiger partial charge on any atom is -0.493 e. The zero-order chi connectivity index (χ0) is 22.0. The topological polar surface area (TPSA) is 91.3 Å². The van der Waals surface area contributed by atoms with Crippen LogP contribution in [-0.2, 0) is 0 Å². The van der Waals surface area contributed by atoms with E-state index in [9.17, 15) is 19.1 Å². The molecule has 9 heteroatoms. The van der Waals surface area contributed by atoms with Gasteiger partial charge in [0.2, 0.25) is 0 Å². The van der Waals surface area contributed by atoms with Crippen molar-refractivity contribution in [1.82, 2.24) is 10.2 Å². The van der Waals surface area contributed by atoms with E-state index in [1.165, 1.54) is 25.3 Å². The van der Waals surface area contributed by atoms with Gasteiger partial charge in [-0.1, -0.05) is 6.07 Å². The standard InChI is InChI=1S/C22H24FN3O5/c1-30-20-12-15(23)5-6-19(20)31-18-7-9-25(13-17(18)27)21(28)14-3-2-4-16(11-14)26-10-8-24-22(26)29/h2-6,11-12,17-18,27H,7-10,13H2,1H3,(H,24,29)/t17-,18-/m1/s1. The van der Waals surface area contributed by atoms with E-state index in [2.05, 4.69) is 5.32 Å². The van der Waals surface area contributed by atoms with Gasteiger partial charge in [-0.3, -0.25) is 9.69 Å². The smallest absolute Gasteiger partial charge is 0.321 e. The van der Waals surface area contributed by atoms with Crippen molar-refractivity contribution in [3.63, 3.8) is 0 Å². The molecule has 2 aliphatic rings. The van der Waals surface area contributed by atoms with E-state index in [1.54, 1.807) is 34.1 Å². The van der Waals surface area contributed by atoms with Gasteiger partial charge < -0.3 is 24.8 Å². The van der Waals surface area contributed by atoms with Crippen molar-refractivity contribution in [3.8, 4) is 11.5 Å². The molecular weight excluding hydrogens is 405 g/mol. The summed E-state index contributed by atoms with van der Waals surface area (Å²) in [6.45, 7) is 1.60. The summed E-state index contributed by atoms with van der Waals surface area (Å²) in [5, 5.41) is 13.3. The first kappa shape index (κ1) is 20.9. The van der Waals surface area contributed by atoms with Crippen LogP contribution in [0.25, 0.3) is 0 Å². The van der Waals surface area contributed by atoms with Gasteiger partial charge >= 0.3 is 6.03 Å². The number of nitrogens with one attached hydrogen (secondary N) is 1. The second-order valence-corrected chi connectivity index (χ2v) is 7.49. The first-order chi connectivity index (χ1) is 15.0. The van der Waals surface area contributed by atoms with Gasteiger partial charge in [-0.25, -0.2) is 9.18 Å². The van der Waals surface area contributed by atoms with Gasteiger partial charge in [0.25, 0.3) is 5.91 Å². The predicted molar refractivity (Wildman–Crippen MR) is 111 cm³/mol. The van der Waals surface area contributed by atoms with E-state index >= 15 is 0 Å². The third kappa shape index (κ3) is 4.41. The number of ether oxygens (including phenoxy) is 2. The fourth-order valence-corrected chi connectivity index (χ4v) is 3.84. The Kier molecular flexibility index (Phi) is 5.94. The van der Waals surface area contributed by atoms with Crippen molar-refractivity contribution >= 4 is 17.6 Å². The van der Waals surface area contributed by atoms with Gasteiger partial charge in [0, 0.05) is 43.4 Å². The molecule has 0 aliphatic carbocycles. The van der Waals surface area contributed by atoms with Crippen LogP contribution in [0.2, 0.25) is 0 Å². The number of hydrogen-bond acceptors (Lipinski definition) is 5.